The highest BCUT2D eigenvalue weighted by Crippen LogP contribution is 2.47. The van der Waals surface area contributed by atoms with E-state index in [1.807, 2.05) is 18.2 Å². The molecule has 2 nitrogen and oxygen atoms in total. The molecule has 1 fully saturated rings. The predicted molar refractivity (Wildman–Crippen MR) is 76.1 cm³/mol. The minimum absolute atomic E-state index is 0.278. The lowest BCUT2D eigenvalue weighted by Gasteiger charge is -2.43. The van der Waals surface area contributed by atoms with Crippen molar-refractivity contribution in [3.63, 3.8) is 0 Å². The van der Waals surface area contributed by atoms with Crippen molar-refractivity contribution in [2.45, 2.75) is 45.1 Å². The van der Waals surface area contributed by atoms with Crippen LogP contribution >= 0.6 is 11.6 Å². The minimum Gasteiger partial charge on any atom is -0.496 e. The van der Waals surface area contributed by atoms with Crippen LogP contribution in [0.4, 0.5) is 0 Å². The predicted octanol–water partition coefficient (Wildman–Crippen LogP) is 4.10. The molecule has 0 bridgehead atoms. The van der Waals surface area contributed by atoms with Crippen molar-refractivity contribution < 1.29 is 4.74 Å². The van der Waals surface area contributed by atoms with E-state index in [9.17, 15) is 0 Å². The second kappa shape index (κ2) is 4.75. The Hall–Kier alpha value is -0.730. The molecule has 0 heterocycles. The number of methoxy groups -OCH3 is 1. The molecule has 1 aliphatic carbocycles. The van der Waals surface area contributed by atoms with Gasteiger partial charge in [0.1, 0.15) is 5.75 Å². The number of halogens is 1. The summed E-state index contributed by atoms with van der Waals surface area (Å²) >= 11 is 6.11. The van der Waals surface area contributed by atoms with Crippen LogP contribution in [0.5, 0.6) is 5.75 Å². The zero-order valence-corrected chi connectivity index (χ0v) is 12.2. The smallest absolute Gasteiger partial charge is 0.124 e. The van der Waals surface area contributed by atoms with Gasteiger partial charge in [-0.2, -0.15) is 0 Å². The molecular formula is C15H22ClNO. The molecule has 1 saturated carbocycles. The van der Waals surface area contributed by atoms with Gasteiger partial charge in [0, 0.05) is 16.1 Å². The number of hydrogen-bond donors (Lipinski definition) is 1. The first-order valence-electron chi connectivity index (χ1n) is 6.49. The van der Waals surface area contributed by atoms with Crippen LogP contribution in [0, 0.1) is 5.41 Å². The van der Waals surface area contributed by atoms with Gasteiger partial charge in [0.25, 0.3) is 0 Å². The second-order valence-corrected chi connectivity index (χ2v) is 6.63. The molecule has 100 valence electrons. The Morgan fingerprint density at radius 1 is 1.28 bits per heavy atom. The van der Waals surface area contributed by atoms with Crippen molar-refractivity contribution in [1.82, 2.24) is 0 Å². The van der Waals surface area contributed by atoms with Gasteiger partial charge in [-0.25, -0.2) is 0 Å². The third-order valence-corrected chi connectivity index (χ3v) is 4.20. The zero-order chi connectivity index (χ0) is 13.4. The van der Waals surface area contributed by atoms with Crippen LogP contribution in [0.15, 0.2) is 18.2 Å². The molecule has 1 aromatic carbocycles. The summed E-state index contributed by atoms with van der Waals surface area (Å²) in [6.07, 6.45) is 4.35. The van der Waals surface area contributed by atoms with Crippen LogP contribution in [0.2, 0.25) is 5.02 Å². The van der Waals surface area contributed by atoms with Crippen molar-refractivity contribution in [3.05, 3.63) is 28.8 Å². The summed E-state index contributed by atoms with van der Waals surface area (Å²) in [4.78, 5) is 0. The lowest BCUT2D eigenvalue weighted by molar-refractivity contribution is 0.148. The first kappa shape index (κ1) is 13.7. The molecule has 0 aromatic heterocycles. The van der Waals surface area contributed by atoms with Crippen molar-refractivity contribution in [1.29, 1.82) is 0 Å². The third kappa shape index (κ3) is 2.65. The van der Waals surface area contributed by atoms with Gasteiger partial charge in [-0.1, -0.05) is 31.9 Å². The molecule has 0 radical (unpaired) electrons. The molecule has 1 aliphatic rings. The largest absolute Gasteiger partial charge is 0.496 e. The minimum atomic E-state index is -0.321. The molecule has 2 N–H and O–H groups in total. The third-order valence-electron chi connectivity index (χ3n) is 3.97. The summed E-state index contributed by atoms with van der Waals surface area (Å²) in [5.74, 6) is 0.847. The lowest BCUT2D eigenvalue weighted by atomic mass is 9.66. The molecule has 18 heavy (non-hydrogen) atoms. The molecule has 3 heteroatoms. The maximum atomic E-state index is 6.66. The van der Waals surface area contributed by atoms with Gasteiger partial charge in [0.2, 0.25) is 0 Å². The zero-order valence-electron chi connectivity index (χ0n) is 11.4. The summed E-state index contributed by atoms with van der Waals surface area (Å²) in [7, 11) is 1.68. The molecule has 0 saturated heterocycles. The van der Waals surface area contributed by atoms with Crippen molar-refractivity contribution in [2.75, 3.05) is 7.11 Å². The number of benzene rings is 1. The van der Waals surface area contributed by atoms with E-state index >= 15 is 0 Å². The Bertz CT molecular complexity index is 444. The Morgan fingerprint density at radius 2 is 2.00 bits per heavy atom. The Morgan fingerprint density at radius 3 is 2.61 bits per heavy atom. The van der Waals surface area contributed by atoms with Crippen molar-refractivity contribution in [2.24, 2.45) is 11.1 Å². The van der Waals surface area contributed by atoms with Crippen LogP contribution in [-0.2, 0) is 5.54 Å². The van der Waals surface area contributed by atoms with Gasteiger partial charge in [-0.15, -0.1) is 0 Å². The average Bonchev–Trinajstić information content (AvgIpc) is 2.27. The van der Waals surface area contributed by atoms with Gasteiger partial charge >= 0.3 is 0 Å². The molecule has 0 spiro atoms. The molecular weight excluding hydrogens is 246 g/mol. The Kier molecular flexibility index (Phi) is 3.61. The average molecular weight is 268 g/mol. The van der Waals surface area contributed by atoms with E-state index in [-0.39, 0.29) is 11.0 Å². The van der Waals surface area contributed by atoms with Crippen molar-refractivity contribution >= 4 is 11.6 Å². The van der Waals surface area contributed by atoms with Gasteiger partial charge < -0.3 is 10.5 Å². The van der Waals surface area contributed by atoms with E-state index in [1.165, 1.54) is 6.42 Å². The number of hydrogen-bond acceptors (Lipinski definition) is 2. The Labute approximate surface area is 114 Å². The highest BCUT2D eigenvalue weighted by atomic mass is 35.5. The first-order chi connectivity index (χ1) is 8.36. The highest BCUT2D eigenvalue weighted by Gasteiger charge is 2.39. The van der Waals surface area contributed by atoms with Crippen LogP contribution in [0.3, 0.4) is 0 Å². The summed E-state index contributed by atoms with van der Waals surface area (Å²) in [6, 6.07) is 5.72. The summed E-state index contributed by atoms with van der Waals surface area (Å²) in [6.45, 7) is 4.57. The first-order valence-corrected chi connectivity index (χ1v) is 6.87. The monoisotopic (exact) mass is 267 g/mol. The molecule has 1 atom stereocenters. The number of rotatable bonds is 2. The van der Waals surface area contributed by atoms with Gasteiger partial charge in [0.15, 0.2) is 0 Å². The van der Waals surface area contributed by atoms with E-state index in [0.717, 1.165) is 35.6 Å². The van der Waals surface area contributed by atoms with Crippen LogP contribution in [0.1, 0.15) is 45.1 Å². The van der Waals surface area contributed by atoms with E-state index in [1.54, 1.807) is 7.11 Å². The van der Waals surface area contributed by atoms with Gasteiger partial charge in [-0.05, 0) is 42.9 Å². The maximum absolute atomic E-state index is 6.66. The summed E-state index contributed by atoms with van der Waals surface area (Å²) in [5.41, 5.74) is 7.67. The normalized spacial score (nSPS) is 26.9. The van der Waals surface area contributed by atoms with E-state index in [4.69, 9.17) is 22.1 Å². The van der Waals surface area contributed by atoms with Crippen LogP contribution in [0.25, 0.3) is 0 Å². The fourth-order valence-electron chi connectivity index (χ4n) is 3.21. The summed E-state index contributed by atoms with van der Waals surface area (Å²) < 4.78 is 5.45. The highest BCUT2D eigenvalue weighted by molar-refractivity contribution is 6.30. The van der Waals surface area contributed by atoms with Gasteiger partial charge in [-0.3, -0.25) is 0 Å². The van der Waals surface area contributed by atoms with Gasteiger partial charge in [0.05, 0.1) is 7.11 Å². The van der Waals surface area contributed by atoms with E-state index < -0.39 is 0 Å². The number of nitrogens with two attached hydrogens (primary N) is 1. The molecule has 0 amide bonds. The fraction of sp³-hybridized carbons (Fsp3) is 0.600. The number of ether oxygens (including phenoxy) is 1. The second-order valence-electron chi connectivity index (χ2n) is 6.20. The summed E-state index contributed by atoms with van der Waals surface area (Å²) in [5, 5.41) is 0.721. The SMILES string of the molecule is COc1ccc(Cl)cc1C1(N)CCCC(C)(C)C1. The lowest BCUT2D eigenvalue weighted by Crippen LogP contribution is -2.44. The maximum Gasteiger partial charge on any atom is 0.124 e. The molecule has 2 rings (SSSR count). The molecule has 1 unspecified atom stereocenters. The standard InChI is InChI=1S/C15H22ClNO/c1-14(2)7-4-8-15(17,10-14)12-9-11(16)5-6-13(12)18-3/h5-6,9H,4,7-8,10,17H2,1-3H3. The van der Waals surface area contributed by atoms with E-state index in [2.05, 4.69) is 13.8 Å². The topological polar surface area (TPSA) is 35.2 Å². The van der Waals surface area contributed by atoms with Crippen LogP contribution in [-0.4, -0.2) is 7.11 Å². The quantitative estimate of drug-likeness (QED) is 0.875. The van der Waals surface area contributed by atoms with Crippen LogP contribution < -0.4 is 10.5 Å². The fourth-order valence-corrected chi connectivity index (χ4v) is 3.38. The van der Waals surface area contributed by atoms with Crippen molar-refractivity contribution in [3.8, 4) is 5.75 Å². The molecule has 0 aliphatic heterocycles. The molecule has 1 aromatic rings. The Balaban J connectivity index is 2.43. The van der Waals surface area contributed by atoms with E-state index in [0.29, 0.717) is 0 Å².